The Bertz CT molecular complexity index is 463. The molecular formula is C20H33N3O. The van der Waals surface area contributed by atoms with Crippen molar-refractivity contribution < 1.29 is 4.79 Å². The number of hydrogen-bond donors (Lipinski definition) is 0. The first kappa shape index (κ1) is 18.9. The van der Waals surface area contributed by atoms with E-state index in [4.69, 9.17) is 0 Å². The molecule has 2 rings (SSSR count). The van der Waals surface area contributed by atoms with E-state index in [0.29, 0.717) is 12.3 Å². The molecule has 0 saturated carbocycles. The van der Waals surface area contributed by atoms with Crippen molar-refractivity contribution in [2.75, 3.05) is 45.8 Å². The van der Waals surface area contributed by atoms with E-state index in [1.54, 1.807) is 0 Å². The molecule has 4 nitrogen and oxygen atoms in total. The third-order valence-electron chi connectivity index (χ3n) is 4.70. The number of piperazine rings is 1. The Hall–Kier alpha value is -1.39. The zero-order valence-electron chi connectivity index (χ0n) is 15.4. The van der Waals surface area contributed by atoms with Gasteiger partial charge in [0.05, 0.1) is 0 Å². The molecule has 1 aromatic rings. The SMILES string of the molecule is CCCN(CCC)C(=O)CCN1CCN(Cc2ccccc2)CC1. The van der Waals surface area contributed by atoms with Crippen LogP contribution in [-0.4, -0.2) is 66.4 Å². The Kier molecular flexibility index (Phi) is 8.26. The molecule has 24 heavy (non-hydrogen) atoms. The van der Waals surface area contributed by atoms with Crippen molar-refractivity contribution in [3.8, 4) is 0 Å². The Morgan fingerprint density at radius 3 is 2.12 bits per heavy atom. The standard InChI is InChI=1S/C20H33N3O/c1-3-11-23(12-4-2)20(24)10-13-21-14-16-22(17-15-21)18-19-8-6-5-7-9-19/h5-9H,3-4,10-18H2,1-2H3. The molecule has 0 aliphatic carbocycles. The molecule has 1 aliphatic rings. The van der Waals surface area contributed by atoms with E-state index in [0.717, 1.165) is 65.2 Å². The Balaban J connectivity index is 1.68. The Labute approximate surface area is 147 Å². The van der Waals surface area contributed by atoms with E-state index in [1.165, 1.54) is 5.56 Å². The van der Waals surface area contributed by atoms with Crippen LogP contribution >= 0.6 is 0 Å². The highest BCUT2D eigenvalue weighted by Crippen LogP contribution is 2.09. The zero-order chi connectivity index (χ0) is 17.2. The van der Waals surface area contributed by atoms with Crippen molar-refractivity contribution in [3.05, 3.63) is 35.9 Å². The third kappa shape index (κ3) is 6.25. The fourth-order valence-electron chi connectivity index (χ4n) is 3.33. The largest absolute Gasteiger partial charge is 0.343 e. The molecule has 1 amide bonds. The second-order valence-electron chi connectivity index (χ2n) is 6.73. The van der Waals surface area contributed by atoms with Gasteiger partial charge >= 0.3 is 0 Å². The molecule has 134 valence electrons. The Morgan fingerprint density at radius 2 is 1.54 bits per heavy atom. The lowest BCUT2D eigenvalue weighted by Gasteiger charge is -2.35. The van der Waals surface area contributed by atoms with E-state index in [1.807, 2.05) is 4.90 Å². The first-order valence-corrected chi connectivity index (χ1v) is 9.49. The predicted octanol–water partition coefficient (Wildman–Crippen LogP) is 2.84. The van der Waals surface area contributed by atoms with Gasteiger partial charge in [0.1, 0.15) is 0 Å². The van der Waals surface area contributed by atoms with Crippen LogP contribution in [0.3, 0.4) is 0 Å². The second-order valence-corrected chi connectivity index (χ2v) is 6.73. The summed E-state index contributed by atoms with van der Waals surface area (Å²) in [6, 6.07) is 10.7. The van der Waals surface area contributed by atoms with Gasteiger partial charge < -0.3 is 9.80 Å². The van der Waals surface area contributed by atoms with Gasteiger partial charge in [-0.15, -0.1) is 0 Å². The monoisotopic (exact) mass is 331 g/mol. The molecule has 0 aromatic heterocycles. The number of hydrogen-bond acceptors (Lipinski definition) is 3. The van der Waals surface area contributed by atoms with Gasteiger partial charge in [-0.1, -0.05) is 44.2 Å². The van der Waals surface area contributed by atoms with Gasteiger partial charge in [0.15, 0.2) is 0 Å². The van der Waals surface area contributed by atoms with Crippen LogP contribution in [0.15, 0.2) is 30.3 Å². The summed E-state index contributed by atoms with van der Waals surface area (Å²) in [6.45, 7) is 12.4. The van der Waals surface area contributed by atoms with E-state index in [-0.39, 0.29) is 0 Å². The van der Waals surface area contributed by atoms with Crippen molar-refractivity contribution >= 4 is 5.91 Å². The van der Waals surface area contributed by atoms with Gasteiger partial charge in [-0.2, -0.15) is 0 Å². The average molecular weight is 332 g/mol. The van der Waals surface area contributed by atoms with Crippen LogP contribution in [-0.2, 0) is 11.3 Å². The predicted molar refractivity (Wildman–Crippen MR) is 99.9 cm³/mol. The lowest BCUT2D eigenvalue weighted by Crippen LogP contribution is -2.47. The number of nitrogens with zero attached hydrogens (tertiary/aromatic N) is 3. The Morgan fingerprint density at radius 1 is 0.958 bits per heavy atom. The molecule has 0 spiro atoms. The van der Waals surface area contributed by atoms with E-state index in [2.05, 4.69) is 54.0 Å². The molecule has 1 aliphatic heterocycles. The smallest absolute Gasteiger partial charge is 0.223 e. The van der Waals surface area contributed by atoms with Crippen LogP contribution in [0, 0.1) is 0 Å². The minimum atomic E-state index is 0.324. The molecule has 1 heterocycles. The number of carbonyl (C=O) groups excluding carboxylic acids is 1. The third-order valence-corrected chi connectivity index (χ3v) is 4.70. The minimum Gasteiger partial charge on any atom is -0.343 e. The molecule has 0 N–H and O–H groups in total. The minimum absolute atomic E-state index is 0.324. The van der Waals surface area contributed by atoms with Gasteiger partial charge in [0, 0.05) is 58.8 Å². The fourth-order valence-corrected chi connectivity index (χ4v) is 3.33. The van der Waals surface area contributed by atoms with Crippen LogP contribution in [0.4, 0.5) is 0 Å². The number of rotatable bonds is 9. The summed E-state index contributed by atoms with van der Waals surface area (Å²) in [4.78, 5) is 19.3. The topological polar surface area (TPSA) is 26.8 Å². The van der Waals surface area contributed by atoms with E-state index < -0.39 is 0 Å². The lowest BCUT2D eigenvalue weighted by atomic mass is 10.2. The number of benzene rings is 1. The van der Waals surface area contributed by atoms with Crippen LogP contribution in [0.5, 0.6) is 0 Å². The van der Waals surface area contributed by atoms with E-state index in [9.17, 15) is 4.79 Å². The lowest BCUT2D eigenvalue weighted by molar-refractivity contribution is -0.131. The molecule has 0 atom stereocenters. The molecule has 1 aromatic carbocycles. The quantitative estimate of drug-likeness (QED) is 0.696. The van der Waals surface area contributed by atoms with Crippen molar-refractivity contribution in [1.29, 1.82) is 0 Å². The van der Waals surface area contributed by atoms with Crippen LogP contribution in [0.1, 0.15) is 38.7 Å². The van der Waals surface area contributed by atoms with Crippen molar-refractivity contribution in [2.24, 2.45) is 0 Å². The zero-order valence-corrected chi connectivity index (χ0v) is 15.4. The molecule has 4 heteroatoms. The number of carbonyl (C=O) groups is 1. The fraction of sp³-hybridized carbons (Fsp3) is 0.650. The summed E-state index contributed by atoms with van der Waals surface area (Å²) in [5.74, 6) is 0.324. The second kappa shape index (κ2) is 10.5. The highest BCUT2D eigenvalue weighted by molar-refractivity contribution is 5.76. The van der Waals surface area contributed by atoms with Crippen LogP contribution < -0.4 is 0 Å². The molecule has 1 saturated heterocycles. The molecule has 0 radical (unpaired) electrons. The van der Waals surface area contributed by atoms with Gasteiger partial charge in [-0.05, 0) is 18.4 Å². The first-order valence-electron chi connectivity index (χ1n) is 9.49. The number of amides is 1. The summed E-state index contributed by atoms with van der Waals surface area (Å²) >= 11 is 0. The van der Waals surface area contributed by atoms with Gasteiger partial charge in [-0.25, -0.2) is 0 Å². The maximum atomic E-state index is 12.4. The van der Waals surface area contributed by atoms with Crippen LogP contribution in [0.25, 0.3) is 0 Å². The summed E-state index contributed by atoms with van der Waals surface area (Å²) in [5.41, 5.74) is 1.39. The van der Waals surface area contributed by atoms with Gasteiger partial charge in [0.25, 0.3) is 0 Å². The highest BCUT2D eigenvalue weighted by Gasteiger charge is 2.19. The van der Waals surface area contributed by atoms with Crippen molar-refractivity contribution in [2.45, 2.75) is 39.7 Å². The summed E-state index contributed by atoms with van der Waals surface area (Å²) < 4.78 is 0. The molecule has 0 bridgehead atoms. The van der Waals surface area contributed by atoms with Gasteiger partial charge in [-0.3, -0.25) is 9.69 Å². The maximum absolute atomic E-state index is 12.4. The average Bonchev–Trinajstić information content (AvgIpc) is 2.61. The maximum Gasteiger partial charge on any atom is 0.223 e. The highest BCUT2D eigenvalue weighted by atomic mass is 16.2. The normalized spacial score (nSPS) is 16.2. The van der Waals surface area contributed by atoms with Crippen molar-refractivity contribution in [3.63, 3.8) is 0 Å². The summed E-state index contributed by atoms with van der Waals surface area (Å²) in [7, 11) is 0. The van der Waals surface area contributed by atoms with Gasteiger partial charge in [0.2, 0.25) is 5.91 Å². The first-order chi connectivity index (χ1) is 11.7. The summed E-state index contributed by atoms with van der Waals surface area (Å²) in [5, 5.41) is 0. The molecular weight excluding hydrogens is 298 g/mol. The molecule has 0 unspecified atom stereocenters. The van der Waals surface area contributed by atoms with E-state index >= 15 is 0 Å². The van der Waals surface area contributed by atoms with Crippen molar-refractivity contribution in [1.82, 2.24) is 14.7 Å². The summed E-state index contributed by atoms with van der Waals surface area (Å²) in [6.07, 6.45) is 2.76. The molecule has 1 fully saturated rings. The van der Waals surface area contributed by atoms with Crippen LogP contribution in [0.2, 0.25) is 0 Å².